The fourth-order valence-electron chi connectivity index (χ4n) is 1.22. The van der Waals surface area contributed by atoms with Crippen LogP contribution in [0.15, 0.2) is 12.2 Å². The molecule has 0 spiro atoms. The number of carboxylic acids is 1. The SMILES string of the molecule is CCCCCCCCC=CC(=O)[O-].[K+]. The Morgan fingerprint density at radius 3 is 2.29 bits per heavy atom. The summed E-state index contributed by atoms with van der Waals surface area (Å²) in [5.74, 6) is -1.09. The minimum atomic E-state index is -1.09. The number of carboxylic acid groups (broad SMARTS) is 1. The van der Waals surface area contributed by atoms with Crippen LogP contribution in [-0.2, 0) is 4.79 Å². The molecule has 0 atom stereocenters. The summed E-state index contributed by atoms with van der Waals surface area (Å²) in [6, 6.07) is 0. The van der Waals surface area contributed by atoms with Crippen LogP contribution in [0, 0.1) is 0 Å². The van der Waals surface area contributed by atoms with Gasteiger partial charge in [0.1, 0.15) is 0 Å². The molecule has 0 aromatic heterocycles. The molecule has 3 heteroatoms. The fourth-order valence-corrected chi connectivity index (χ4v) is 1.22. The van der Waals surface area contributed by atoms with E-state index in [1.165, 1.54) is 32.1 Å². The molecule has 0 aliphatic rings. The second kappa shape index (κ2) is 13.8. The summed E-state index contributed by atoms with van der Waals surface area (Å²) in [7, 11) is 0. The summed E-state index contributed by atoms with van der Waals surface area (Å²) in [6.07, 6.45) is 11.1. The Hall–Kier alpha value is 0.846. The van der Waals surface area contributed by atoms with Gasteiger partial charge < -0.3 is 9.90 Å². The standard InChI is InChI=1S/C11H20O2.K/c1-2-3-4-5-6-7-8-9-10-11(12)13;/h9-10H,2-8H2,1H3,(H,12,13);/q;+1/p-1. The molecule has 0 bridgehead atoms. The van der Waals surface area contributed by atoms with E-state index < -0.39 is 5.97 Å². The Morgan fingerprint density at radius 1 is 1.14 bits per heavy atom. The van der Waals surface area contributed by atoms with E-state index in [0.29, 0.717) is 0 Å². The molecule has 0 aliphatic heterocycles. The van der Waals surface area contributed by atoms with Gasteiger partial charge in [-0.3, -0.25) is 0 Å². The van der Waals surface area contributed by atoms with Gasteiger partial charge in [-0.05, 0) is 18.9 Å². The van der Waals surface area contributed by atoms with Crippen LogP contribution in [0.25, 0.3) is 0 Å². The van der Waals surface area contributed by atoms with Crippen LogP contribution in [-0.4, -0.2) is 5.97 Å². The third-order valence-corrected chi connectivity index (χ3v) is 1.98. The molecule has 0 aliphatic carbocycles. The first-order valence-corrected chi connectivity index (χ1v) is 5.15. The number of hydrogen-bond acceptors (Lipinski definition) is 2. The Kier molecular flexibility index (Phi) is 17.1. The zero-order valence-corrected chi connectivity index (χ0v) is 12.5. The van der Waals surface area contributed by atoms with E-state index in [1.807, 2.05) is 0 Å². The van der Waals surface area contributed by atoms with Gasteiger partial charge in [0.05, 0.1) is 5.97 Å². The number of carbonyl (C=O) groups excluding carboxylic acids is 1. The molecular formula is C11H19KO2. The smallest absolute Gasteiger partial charge is 0.545 e. The number of allylic oxidation sites excluding steroid dienone is 1. The summed E-state index contributed by atoms with van der Waals surface area (Å²) >= 11 is 0. The van der Waals surface area contributed by atoms with E-state index in [2.05, 4.69) is 6.92 Å². The van der Waals surface area contributed by atoms with Crippen molar-refractivity contribution >= 4 is 5.97 Å². The number of carbonyl (C=O) groups is 1. The minimum Gasteiger partial charge on any atom is -0.545 e. The second-order valence-corrected chi connectivity index (χ2v) is 3.28. The van der Waals surface area contributed by atoms with Crippen molar-refractivity contribution in [2.24, 2.45) is 0 Å². The van der Waals surface area contributed by atoms with Gasteiger partial charge >= 0.3 is 51.4 Å². The second-order valence-electron chi connectivity index (χ2n) is 3.28. The maximum atomic E-state index is 9.98. The summed E-state index contributed by atoms with van der Waals surface area (Å²) in [5, 5.41) is 9.98. The van der Waals surface area contributed by atoms with Crippen LogP contribution >= 0.6 is 0 Å². The maximum absolute atomic E-state index is 9.98. The van der Waals surface area contributed by atoms with E-state index in [1.54, 1.807) is 6.08 Å². The fraction of sp³-hybridized carbons (Fsp3) is 0.727. The average molecular weight is 222 g/mol. The molecule has 0 aromatic carbocycles. The quantitative estimate of drug-likeness (QED) is 0.302. The monoisotopic (exact) mass is 222 g/mol. The van der Waals surface area contributed by atoms with Crippen molar-refractivity contribution in [3.8, 4) is 0 Å². The van der Waals surface area contributed by atoms with Gasteiger partial charge in [-0.25, -0.2) is 0 Å². The summed E-state index contributed by atoms with van der Waals surface area (Å²) < 4.78 is 0. The van der Waals surface area contributed by atoms with Gasteiger partial charge in [-0.1, -0.05) is 45.1 Å². The van der Waals surface area contributed by atoms with Crippen molar-refractivity contribution < 1.29 is 61.3 Å². The van der Waals surface area contributed by atoms with Gasteiger partial charge in [0.25, 0.3) is 0 Å². The first-order valence-electron chi connectivity index (χ1n) is 5.15. The van der Waals surface area contributed by atoms with Gasteiger partial charge in [0.2, 0.25) is 0 Å². The van der Waals surface area contributed by atoms with Crippen LogP contribution in [0.1, 0.15) is 51.9 Å². The third-order valence-electron chi connectivity index (χ3n) is 1.98. The zero-order valence-electron chi connectivity index (χ0n) is 9.42. The van der Waals surface area contributed by atoms with Gasteiger partial charge in [-0.2, -0.15) is 0 Å². The van der Waals surface area contributed by atoms with E-state index in [0.717, 1.165) is 18.9 Å². The molecule has 0 fully saturated rings. The topological polar surface area (TPSA) is 40.1 Å². The molecular weight excluding hydrogens is 203 g/mol. The number of rotatable bonds is 8. The third kappa shape index (κ3) is 15.3. The van der Waals surface area contributed by atoms with E-state index in [9.17, 15) is 9.90 Å². The Labute approximate surface area is 130 Å². The predicted molar refractivity (Wildman–Crippen MR) is 52.1 cm³/mol. The Bertz CT molecular complexity index is 155. The van der Waals surface area contributed by atoms with Crippen LogP contribution in [0.4, 0.5) is 0 Å². The van der Waals surface area contributed by atoms with Crippen LogP contribution in [0.3, 0.4) is 0 Å². The summed E-state index contributed by atoms with van der Waals surface area (Å²) in [6.45, 7) is 2.20. The molecule has 0 N–H and O–H groups in total. The number of hydrogen-bond donors (Lipinski definition) is 0. The molecule has 0 heterocycles. The molecule has 0 saturated heterocycles. The first-order chi connectivity index (χ1) is 6.27. The molecule has 14 heavy (non-hydrogen) atoms. The van der Waals surface area contributed by atoms with E-state index in [-0.39, 0.29) is 51.4 Å². The van der Waals surface area contributed by atoms with Crippen molar-refractivity contribution in [1.29, 1.82) is 0 Å². The summed E-state index contributed by atoms with van der Waals surface area (Å²) in [5.41, 5.74) is 0. The first kappa shape index (κ1) is 17.2. The van der Waals surface area contributed by atoms with E-state index in [4.69, 9.17) is 0 Å². The maximum Gasteiger partial charge on any atom is 1.00 e. The van der Waals surface area contributed by atoms with Crippen LogP contribution < -0.4 is 56.5 Å². The Balaban J connectivity index is 0. The van der Waals surface area contributed by atoms with Crippen molar-refractivity contribution in [2.45, 2.75) is 51.9 Å². The van der Waals surface area contributed by atoms with Gasteiger partial charge in [0.15, 0.2) is 0 Å². The Morgan fingerprint density at radius 2 is 1.71 bits per heavy atom. The van der Waals surface area contributed by atoms with Crippen LogP contribution in [0.2, 0.25) is 0 Å². The molecule has 0 rings (SSSR count). The molecule has 0 saturated carbocycles. The normalized spacial score (nSPS) is 10.1. The molecule has 0 amide bonds. The number of aliphatic carboxylic acids is 1. The zero-order chi connectivity index (χ0) is 9.94. The van der Waals surface area contributed by atoms with Gasteiger partial charge in [-0.15, -0.1) is 0 Å². The average Bonchev–Trinajstić information content (AvgIpc) is 2.09. The number of unbranched alkanes of at least 4 members (excludes halogenated alkanes) is 6. The van der Waals surface area contributed by atoms with Crippen LogP contribution in [0.5, 0.6) is 0 Å². The molecule has 0 unspecified atom stereocenters. The van der Waals surface area contributed by atoms with Crippen molar-refractivity contribution in [2.75, 3.05) is 0 Å². The molecule has 0 radical (unpaired) electrons. The summed E-state index contributed by atoms with van der Waals surface area (Å²) in [4.78, 5) is 9.98. The largest absolute Gasteiger partial charge is 1.00 e. The molecule has 76 valence electrons. The molecule has 0 aromatic rings. The van der Waals surface area contributed by atoms with Crippen molar-refractivity contribution in [3.63, 3.8) is 0 Å². The van der Waals surface area contributed by atoms with E-state index >= 15 is 0 Å². The minimum absolute atomic E-state index is 0. The van der Waals surface area contributed by atoms with Crippen molar-refractivity contribution in [1.82, 2.24) is 0 Å². The predicted octanol–water partition coefficient (Wildman–Crippen LogP) is -0.953. The van der Waals surface area contributed by atoms with Gasteiger partial charge in [0, 0.05) is 0 Å². The van der Waals surface area contributed by atoms with Crippen molar-refractivity contribution in [3.05, 3.63) is 12.2 Å². The molecule has 2 nitrogen and oxygen atoms in total.